The van der Waals surface area contributed by atoms with Crippen molar-refractivity contribution in [2.75, 3.05) is 26.4 Å². The molecule has 192 valence electrons. The number of nitrogens with zero attached hydrogens (tertiary/aromatic N) is 2. The Kier molecular flexibility index (Phi) is 9.98. The number of aliphatic hydroxyl groups excluding tert-OH is 1. The number of hydrogen-bond donors (Lipinski definition) is 3. The zero-order valence-corrected chi connectivity index (χ0v) is 21.1. The molecule has 36 heavy (non-hydrogen) atoms. The summed E-state index contributed by atoms with van der Waals surface area (Å²) >= 11 is 6.13. The second kappa shape index (κ2) is 13.2. The molecule has 2 unspecified atom stereocenters. The van der Waals surface area contributed by atoms with Crippen LogP contribution in [0.5, 0.6) is 0 Å². The lowest BCUT2D eigenvalue weighted by atomic mass is 9.82. The molecule has 0 spiro atoms. The third-order valence-corrected chi connectivity index (χ3v) is 5.93. The maximum absolute atomic E-state index is 12.9. The number of amides is 1. The number of aliphatic hydroxyl groups is 1. The van der Waals surface area contributed by atoms with Gasteiger partial charge in [-0.05, 0) is 55.5 Å². The molecule has 10 heteroatoms. The van der Waals surface area contributed by atoms with Crippen LogP contribution in [0.25, 0.3) is 11.1 Å². The van der Waals surface area contributed by atoms with Crippen LogP contribution in [0.15, 0.2) is 54.7 Å². The summed E-state index contributed by atoms with van der Waals surface area (Å²) in [6.45, 7) is 3.66. The van der Waals surface area contributed by atoms with Gasteiger partial charge in [-0.1, -0.05) is 48.0 Å². The summed E-state index contributed by atoms with van der Waals surface area (Å²) in [5.41, 5.74) is 2.08. The number of hydrogen-bond acceptors (Lipinski definition) is 7. The molecular formula is C26H31ClN4O5. The third-order valence-electron chi connectivity index (χ3n) is 5.70. The lowest BCUT2D eigenvalue weighted by Crippen LogP contribution is -2.45. The van der Waals surface area contributed by atoms with Crippen LogP contribution in [-0.4, -0.2) is 64.9 Å². The van der Waals surface area contributed by atoms with Crippen molar-refractivity contribution in [2.24, 2.45) is 5.41 Å². The zero-order chi connectivity index (χ0) is 26.0. The lowest BCUT2D eigenvalue weighted by Gasteiger charge is -2.31. The van der Waals surface area contributed by atoms with Crippen LogP contribution in [0.1, 0.15) is 36.3 Å². The van der Waals surface area contributed by atoms with E-state index in [4.69, 9.17) is 26.2 Å². The van der Waals surface area contributed by atoms with E-state index in [0.29, 0.717) is 11.4 Å². The molecule has 0 saturated carbocycles. The number of benzene rings is 2. The van der Waals surface area contributed by atoms with E-state index in [1.807, 2.05) is 48.5 Å². The van der Waals surface area contributed by atoms with Crippen LogP contribution < -0.4 is 5.32 Å². The van der Waals surface area contributed by atoms with Gasteiger partial charge in [0.1, 0.15) is 0 Å². The van der Waals surface area contributed by atoms with Gasteiger partial charge in [-0.3, -0.25) is 9.59 Å². The van der Waals surface area contributed by atoms with Gasteiger partial charge in [-0.25, -0.2) is 0 Å². The van der Waals surface area contributed by atoms with Gasteiger partial charge >= 0.3 is 5.97 Å². The zero-order valence-electron chi connectivity index (χ0n) is 20.4. The second-order valence-electron chi connectivity index (χ2n) is 8.70. The fourth-order valence-electron chi connectivity index (χ4n) is 3.94. The molecule has 0 aliphatic rings. The van der Waals surface area contributed by atoms with Crippen LogP contribution in [-0.2, 0) is 20.7 Å². The number of ether oxygens (including phenoxy) is 2. The molecule has 1 aromatic heterocycles. The van der Waals surface area contributed by atoms with Crippen LogP contribution in [0, 0.1) is 5.41 Å². The van der Waals surface area contributed by atoms with Crippen LogP contribution >= 0.6 is 11.6 Å². The molecule has 9 nitrogen and oxygen atoms in total. The minimum absolute atomic E-state index is 0.0381. The van der Waals surface area contributed by atoms with Gasteiger partial charge in [0.25, 0.3) is 5.91 Å². The molecule has 0 fully saturated rings. The summed E-state index contributed by atoms with van der Waals surface area (Å²) in [6.07, 6.45) is 2.03. The second-order valence-corrected chi connectivity index (χ2v) is 9.13. The van der Waals surface area contributed by atoms with Gasteiger partial charge in [0, 0.05) is 11.1 Å². The topological polar surface area (TPSA) is 126 Å². The van der Waals surface area contributed by atoms with E-state index in [1.165, 1.54) is 6.20 Å². The molecule has 3 N–H and O–H groups in total. The number of rotatable bonds is 13. The third kappa shape index (κ3) is 7.61. The van der Waals surface area contributed by atoms with E-state index in [2.05, 4.69) is 20.7 Å². The van der Waals surface area contributed by atoms with Crippen LogP contribution in [0.4, 0.5) is 0 Å². The van der Waals surface area contributed by atoms with Gasteiger partial charge in [0.05, 0.1) is 38.0 Å². The standard InChI is InChI=1S/C26H31ClN4O5/c1-3-36-25(34)26(2,17-35-12-11-32)15-22(29-24(33)23-16-28-31-30-23)13-18-7-9-19(10-8-18)20-5-4-6-21(27)14-20/h4-10,14,16,22,32H,3,11-13,15,17H2,1-2H3,(H,29,33)(H,28,30,31). The summed E-state index contributed by atoms with van der Waals surface area (Å²) in [4.78, 5) is 25.7. The van der Waals surface area contributed by atoms with E-state index in [0.717, 1.165) is 16.7 Å². The summed E-state index contributed by atoms with van der Waals surface area (Å²) < 4.78 is 10.8. The highest BCUT2D eigenvalue weighted by molar-refractivity contribution is 6.30. The maximum Gasteiger partial charge on any atom is 0.314 e. The highest BCUT2D eigenvalue weighted by Gasteiger charge is 2.38. The molecule has 1 heterocycles. The maximum atomic E-state index is 12.9. The number of halogens is 1. The summed E-state index contributed by atoms with van der Waals surface area (Å²) in [5.74, 6) is -0.841. The summed E-state index contributed by atoms with van der Waals surface area (Å²) in [7, 11) is 0. The first-order chi connectivity index (χ1) is 17.3. The molecule has 2 atom stereocenters. The fraction of sp³-hybridized carbons (Fsp3) is 0.385. The van der Waals surface area contributed by atoms with Gasteiger partial charge in [0.15, 0.2) is 5.69 Å². The van der Waals surface area contributed by atoms with Crippen LogP contribution in [0.3, 0.4) is 0 Å². The van der Waals surface area contributed by atoms with Crippen molar-refractivity contribution in [3.8, 4) is 11.1 Å². The van der Waals surface area contributed by atoms with Gasteiger partial charge in [-0.2, -0.15) is 15.4 Å². The smallest absolute Gasteiger partial charge is 0.314 e. The largest absolute Gasteiger partial charge is 0.466 e. The van der Waals surface area contributed by atoms with E-state index in [9.17, 15) is 9.59 Å². The number of esters is 1. The number of carbonyl (C=O) groups is 2. The molecule has 3 aromatic rings. The lowest BCUT2D eigenvalue weighted by molar-refractivity contribution is -0.159. The summed E-state index contributed by atoms with van der Waals surface area (Å²) in [6, 6.07) is 15.1. The molecular weight excluding hydrogens is 484 g/mol. The first-order valence-corrected chi connectivity index (χ1v) is 12.1. The molecule has 0 bridgehead atoms. The molecule has 0 aliphatic heterocycles. The van der Waals surface area contributed by atoms with E-state index in [-0.39, 0.29) is 38.5 Å². The Morgan fingerprint density at radius 3 is 2.61 bits per heavy atom. The first-order valence-electron chi connectivity index (χ1n) is 11.7. The normalized spacial score (nSPS) is 13.6. The minimum Gasteiger partial charge on any atom is -0.466 e. The number of aromatic amines is 1. The molecule has 0 radical (unpaired) electrons. The highest BCUT2D eigenvalue weighted by Crippen LogP contribution is 2.29. The molecule has 1 amide bonds. The Morgan fingerprint density at radius 2 is 1.97 bits per heavy atom. The Hall–Kier alpha value is -3.27. The van der Waals surface area contributed by atoms with Crippen molar-refractivity contribution in [1.29, 1.82) is 0 Å². The number of nitrogens with one attached hydrogen (secondary N) is 2. The molecule has 2 aromatic carbocycles. The Balaban J connectivity index is 1.82. The quantitative estimate of drug-likeness (QED) is 0.235. The monoisotopic (exact) mass is 514 g/mol. The van der Waals surface area contributed by atoms with Crippen LogP contribution in [0.2, 0.25) is 5.02 Å². The van der Waals surface area contributed by atoms with Gasteiger partial charge < -0.3 is 19.9 Å². The highest BCUT2D eigenvalue weighted by atomic mass is 35.5. The van der Waals surface area contributed by atoms with E-state index >= 15 is 0 Å². The summed E-state index contributed by atoms with van der Waals surface area (Å²) in [5, 5.41) is 22.7. The molecule has 0 saturated heterocycles. The van der Waals surface area contributed by atoms with Crippen molar-refractivity contribution in [3.05, 3.63) is 71.0 Å². The fourth-order valence-corrected chi connectivity index (χ4v) is 4.13. The first kappa shape index (κ1) is 27.3. The van der Waals surface area contributed by atoms with Crippen molar-refractivity contribution >= 4 is 23.5 Å². The van der Waals surface area contributed by atoms with Crippen molar-refractivity contribution in [2.45, 2.75) is 32.7 Å². The van der Waals surface area contributed by atoms with Crippen molar-refractivity contribution in [3.63, 3.8) is 0 Å². The predicted octanol–water partition coefficient (Wildman–Crippen LogP) is 3.43. The average Bonchev–Trinajstić information content (AvgIpc) is 3.40. The Bertz CT molecular complexity index is 1120. The number of aromatic nitrogens is 3. The van der Waals surface area contributed by atoms with Crippen molar-refractivity contribution in [1.82, 2.24) is 20.7 Å². The average molecular weight is 515 g/mol. The predicted molar refractivity (Wildman–Crippen MR) is 135 cm³/mol. The number of carbonyl (C=O) groups excluding carboxylic acids is 2. The van der Waals surface area contributed by atoms with E-state index < -0.39 is 23.3 Å². The van der Waals surface area contributed by atoms with Gasteiger partial charge in [0.2, 0.25) is 0 Å². The molecule has 0 aliphatic carbocycles. The Morgan fingerprint density at radius 1 is 1.19 bits per heavy atom. The molecule has 3 rings (SSSR count). The minimum atomic E-state index is -1.05. The van der Waals surface area contributed by atoms with Crippen molar-refractivity contribution < 1.29 is 24.2 Å². The van der Waals surface area contributed by atoms with Gasteiger partial charge in [-0.15, -0.1) is 0 Å². The Labute approximate surface area is 215 Å². The SMILES string of the molecule is CCOC(=O)C(C)(COCCO)CC(Cc1ccc(-c2cccc(Cl)c2)cc1)NC(=O)c1cn[nH]n1. The number of H-pyrrole nitrogens is 1. The van der Waals surface area contributed by atoms with E-state index in [1.54, 1.807) is 13.8 Å².